The number of ether oxygens (including phenoxy) is 3. The van der Waals surface area contributed by atoms with Crippen molar-refractivity contribution in [3.63, 3.8) is 0 Å². The fourth-order valence-electron chi connectivity index (χ4n) is 2.41. The van der Waals surface area contributed by atoms with E-state index in [0.717, 1.165) is 17.1 Å². The maximum absolute atomic E-state index is 12.3. The summed E-state index contributed by atoms with van der Waals surface area (Å²) in [6, 6.07) is 14.7. The molecule has 0 bridgehead atoms. The van der Waals surface area contributed by atoms with Crippen molar-refractivity contribution in [2.75, 3.05) is 27.4 Å². The molecule has 2 rings (SSSR count). The van der Waals surface area contributed by atoms with Crippen LogP contribution in [0.4, 0.5) is 0 Å². The van der Waals surface area contributed by atoms with Gasteiger partial charge < -0.3 is 19.5 Å². The number of carbonyl (C=O) groups is 1. The molecular weight excluding hydrogens is 306 g/mol. The Bertz CT molecular complexity index is 655. The van der Waals surface area contributed by atoms with Gasteiger partial charge in [0.1, 0.15) is 17.6 Å². The molecule has 0 heterocycles. The highest BCUT2D eigenvalue weighted by atomic mass is 16.5. The van der Waals surface area contributed by atoms with E-state index < -0.39 is 0 Å². The van der Waals surface area contributed by atoms with Gasteiger partial charge in [-0.05, 0) is 37.3 Å². The van der Waals surface area contributed by atoms with Gasteiger partial charge in [0.25, 0.3) is 5.91 Å². The van der Waals surface area contributed by atoms with Crippen LogP contribution in [0.2, 0.25) is 0 Å². The molecule has 0 aromatic heterocycles. The van der Waals surface area contributed by atoms with Crippen LogP contribution in [0.3, 0.4) is 0 Å². The van der Waals surface area contributed by atoms with Crippen molar-refractivity contribution in [3.8, 4) is 11.5 Å². The minimum Gasteiger partial charge on any atom is -0.496 e. The molecular formula is C19H23NO4. The first kappa shape index (κ1) is 17.8. The zero-order valence-corrected chi connectivity index (χ0v) is 14.2. The molecule has 0 unspecified atom stereocenters. The SMILES string of the molecule is CCOc1ccc(C(=O)NC[C@H](OC)c2ccccc2OC)cc1. The smallest absolute Gasteiger partial charge is 0.251 e. The number of rotatable bonds is 8. The first-order chi connectivity index (χ1) is 11.7. The van der Waals surface area contributed by atoms with E-state index in [1.54, 1.807) is 38.5 Å². The molecule has 0 aliphatic rings. The van der Waals surface area contributed by atoms with E-state index in [4.69, 9.17) is 14.2 Å². The van der Waals surface area contributed by atoms with Gasteiger partial charge in [-0.2, -0.15) is 0 Å². The average molecular weight is 329 g/mol. The normalized spacial score (nSPS) is 11.6. The Morgan fingerprint density at radius 1 is 1.08 bits per heavy atom. The maximum Gasteiger partial charge on any atom is 0.251 e. The molecule has 2 aromatic rings. The van der Waals surface area contributed by atoms with Crippen LogP contribution in [0.15, 0.2) is 48.5 Å². The number of carbonyl (C=O) groups excluding carboxylic acids is 1. The van der Waals surface area contributed by atoms with Crippen molar-refractivity contribution < 1.29 is 19.0 Å². The van der Waals surface area contributed by atoms with Crippen molar-refractivity contribution in [1.29, 1.82) is 0 Å². The van der Waals surface area contributed by atoms with Gasteiger partial charge in [-0.3, -0.25) is 4.79 Å². The lowest BCUT2D eigenvalue weighted by atomic mass is 10.1. The van der Waals surface area contributed by atoms with Crippen LogP contribution >= 0.6 is 0 Å². The number of amides is 1. The summed E-state index contributed by atoms with van der Waals surface area (Å²) in [6.45, 7) is 2.87. The van der Waals surface area contributed by atoms with Gasteiger partial charge in [-0.15, -0.1) is 0 Å². The summed E-state index contributed by atoms with van der Waals surface area (Å²) in [6.07, 6.45) is -0.284. The van der Waals surface area contributed by atoms with E-state index in [-0.39, 0.29) is 12.0 Å². The number of nitrogens with one attached hydrogen (secondary N) is 1. The lowest BCUT2D eigenvalue weighted by Gasteiger charge is -2.19. The fraction of sp³-hybridized carbons (Fsp3) is 0.316. The fourth-order valence-corrected chi connectivity index (χ4v) is 2.41. The van der Waals surface area contributed by atoms with Gasteiger partial charge in [0, 0.05) is 24.8 Å². The van der Waals surface area contributed by atoms with Crippen molar-refractivity contribution >= 4 is 5.91 Å². The minimum absolute atomic E-state index is 0.157. The predicted molar refractivity (Wildman–Crippen MR) is 92.7 cm³/mol. The number of hydrogen-bond acceptors (Lipinski definition) is 4. The molecule has 0 radical (unpaired) electrons. The predicted octanol–water partition coefficient (Wildman–Crippen LogP) is 3.21. The quantitative estimate of drug-likeness (QED) is 0.808. The summed E-state index contributed by atoms with van der Waals surface area (Å²) in [5.74, 6) is 1.33. The highest BCUT2D eigenvalue weighted by molar-refractivity contribution is 5.94. The molecule has 0 fully saturated rings. The number of methoxy groups -OCH3 is 2. The van der Waals surface area contributed by atoms with Crippen molar-refractivity contribution in [1.82, 2.24) is 5.32 Å². The molecule has 1 amide bonds. The zero-order valence-electron chi connectivity index (χ0n) is 14.2. The van der Waals surface area contributed by atoms with E-state index in [1.807, 2.05) is 31.2 Å². The van der Waals surface area contributed by atoms with Crippen LogP contribution < -0.4 is 14.8 Å². The zero-order chi connectivity index (χ0) is 17.4. The Balaban J connectivity index is 2.00. The molecule has 24 heavy (non-hydrogen) atoms. The first-order valence-corrected chi connectivity index (χ1v) is 7.86. The molecule has 1 N–H and O–H groups in total. The molecule has 0 aliphatic heterocycles. The Morgan fingerprint density at radius 2 is 1.79 bits per heavy atom. The van der Waals surface area contributed by atoms with E-state index in [9.17, 15) is 4.79 Å². The second-order valence-electron chi connectivity index (χ2n) is 5.13. The van der Waals surface area contributed by atoms with Crippen molar-refractivity contribution in [3.05, 3.63) is 59.7 Å². The van der Waals surface area contributed by atoms with Gasteiger partial charge in [0.15, 0.2) is 0 Å². The van der Waals surface area contributed by atoms with E-state index in [2.05, 4.69) is 5.32 Å². The topological polar surface area (TPSA) is 56.8 Å². The minimum atomic E-state index is -0.284. The van der Waals surface area contributed by atoms with Crippen LogP contribution in [0.25, 0.3) is 0 Å². The molecule has 0 saturated heterocycles. The third kappa shape index (κ3) is 4.49. The molecule has 0 saturated carbocycles. The second kappa shape index (κ2) is 8.93. The molecule has 5 heteroatoms. The summed E-state index contributed by atoms with van der Waals surface area (Å²) >= 11 is 0. The first-order valence-electron chi connectivity index (χ1n) is 7.86. The van der Waals surface area contributed by atoms with Crippen LogP contribution in [0, 0.1) is 0 Å². The van der Waals surface area contributed by atoms with Crippen LogP contribution in [0.1, 0.15) is 28.9 Å². The molecule has 2 aromatic carbocycles. The van der Waals surface area contributed by atoms with Crippen LogP contribution in [-0.2, 0) is 4.74 Å². The van der Waals surface area contributed by atoms with Crippen molar-refractivity contribution in [2.24, 2.45) is 0 Å². The number of para-hydroxylation sites is 1. The van der Waals surface area contributed by atoms with Gasteiger partial charge in [0.2, 0.25) is 0 Å². The van der Waals surface area contributed by atoms with Gasteiger partial charge in [0.05, 0.1) is 13.7 Å². The summed E-state index contributed by atoms with van der Waals surface area (Å²) in [5.41, 5.74) is 1.47. The number of benzene rings is 2. The molecule has 128 valence electrons. The maximum atomic E-state index is 12.3. The third-order valence-electron chi connectivity index (χ3n) is 3.65. The Morgan fingerprint density at radius 3 is 2.42 bits per heavy atom. The van der Waals surface area contributed by atoms with E-state index in [0.29, 0.717) is 18.7 Å². The second-order valence-corrected chi connectivity index (χ2v) is 5.13. The highest BCUT2D eigenvalue weighted by Crippen LogP contribution is 2.26. The van der Waals surface area contributed by atoms with Crippen molar-refractivity contribution in [2.45, 2.75) is 13.0 Å². The summed E-state index contributed by atoms with van der Waals surface area (Å²) in [7, 11) is 3.23. The lowest BCUT2D eigenvalue weighted by molar-refractivity contribution is 0.0819. The van der Waals surface area contributed by atoms with E-state index >= 15 is 0 Å². The summed E-state index contributed by atoms with van der Waals surface area (Å²) in [4.78, 5) is 12.3. The third-order valence-corrected chi connectivity index (χ3v) is 3.65. The Kier molecular flexibility index (Phi) is 6.63. The molecule has 0 spiro atoms. The largest absolute Gasteiger partial charge is 0.496 e. The monoisotopic (exact) mass is 329 g/mol. The molecule has 5 nitrogen and oxygen atoms in total. The highest BCUT2D eigenvalue weighted by Gasteiger charge is 2.16. The molecule has 0 aliphatic carbocycles. The van der Waals surface area contributed by atoms with Gasteiger partial charge >= 0.3 is 0 Å². The van der Waals surface area contributed by atoms with E-state index in [1.165, 1.54) is 0 Å². The molecule has 1 atom stereocenters. The van der Waals surface area contributed by atoms with Crippen LogP contribution in [0.5, 0.6) is 11.5 Å². The Labute approximate surface area is 142 Å². The Hall–Kier alpha value is -2.53. The van der Waals surface area contributed by atoms with Gasteiger partial charge in [-0.25, -0.2) is 0 Å². The average Bonchev–Trinajstić information content (AvgIpc) is 2.63. The summed E-state index contributed by atoms with van der Waals surface area (Å²) in [5, 5.41) is 2.89. The number of hydrogen-bond donors (Lipinski definition) is 1. The standard InChI is InChI=1S/C19H23NO4/c1-4-24-15-11-9-14(10-12-15)19(21)20-13-18(23-3)16-7-5-6-8-17(16)22-2/h5-12,18H,4,13H2,1-3H3,(H,20,21)/t18-/m0/s1. The van der Waals surface area contributed by atoms with Crippen LogP contribution in [-0.4, -0.2) is 33.3 Å². The van der Waals surface area contributed by atoms with Gasteiger partial charge in [-0.1, -0.05) is 18.2 Å². The lowest BCUT2D eigenvalue weighted by Crippen LogP contribution is -2.29. The summed E-state index contributed by atoms with van der Waals surface area (Å²) < 4.78 is 16.2.